The van der Waals surface area contributed by atoms with Gasteiger partial charge in [0.05, 0.1) is 14.6 Å². The van der Waals surface area contributed by atoms with Crippen molar-refractivity contribution in [3.63, 3.8) is 0 Å². The number of sulfonamides is 1. The van der Waals surface area contributed by atoms with Crippen molar-refractivity contribution in [3.8, 4) is 0 Å². The zero-order valence-electron chi connectivity index (χ0n) is 10.6. The van der Waals surface area contributed by atoms with Crippen molar-refractivity contribution in [1.82, 2.24) is 4.57 Å². The van der Waals surface area contributed by atoms with E-state index in [-0.39, 0.29) is 14.8 Å². The maximum Gasteiger partial charge on any atom is 0.294 e. The molecular weight excluding hydrogens is 355 g/mol. The van der Waals surface area contributed by atoms with E-state index in [1.165, 1.54) is 24.3 Å². The molecule has 0 aliphatic rings. The number of fused-ring (bicyclic) bond motifs is 1. The Hall–Kier alpha value is -1.22. The lowest BCUT2D eigenvalue weighted by atomic mass is 10.3. The Morgan fingerprint density at radius 3 is 2.67 bits per heavy atom. The molecule has 0 aliphatic carbocycles. The molecule has 3 aromatic rings. The molecule has 0 amide bonds. The van der Waals surface area contributed by atoms with E-state index in [0.29, 0.717) is 9.04 Å². The minimum Gasteiger partial charge on any atom is -0.319 e. The largest absolute Gasteiger partial charge is 0.319 e. The second-order valence-electron chi connectivity index (χ2n) is 4.18. The van der Waals surface area contributed by atoms with Gasteiger partial charge in [0, 0.05) is 7.05 Å². The Bertz CT molecular complexity index is 1000. The third-order valence-corrected chi connectivity index (χ3v) is 6.95. The number of thiophene rings is 1. The molecule has 9 heteroatoms. The molecule has 0 spiro atoms. The molecule has 0 aliphatic heterocycles. The van der Waals surface area contributed by atoms with Crippen molar-refractivity contribution < 1.29 is 12.8 Å². The fourth-order valence-corrected chi connectivity index (χ4v) is 5.51. The van der Waals surface area contributed by atoms with Crippen LogP contribution in [-0.4, -0.2) is 13.0 Å². The standard InChI is InChI=1S/C12H8ClFN2O2S3/c1-16-8-3-2-7(14)6-9(8)19-12(16)15-21(17,18)11-5-4-10(13)20-11/h2-6H,1H3. The molecule has 0 bridgehead atoms. The lowest BCUT2D eigenvalue weighted by Gasteiger charge is -1.95. The van der Waals surface area contributed by atoms with E-state index in [2.05, 4.69) is 4.40 Å². The Labute approximate surface area is 132 Å². The molecular formula is C12H8ClFN2O2S3. The fourth-order valence-electron chi connectivity index (χ4n) is 1.78. The third-order valence-electron chi connectivity index (χ3n) is 2.77. The van der Waals surface area contributed by atoms with E-state index in [1.807, 2.05) is 0 Å². The zero-order valence-corrected chi connectivity index (χ0v) is 13.8. The summed E-state index contributed by atoms with van der Waals surface area (Å²) in [5.41, 5.74) is 0.722. The molecule has 0 saturated carbocycles. The third kappa shape index (κ3) is 2.76. The SMILES string of the molecule is Cn1c(=NS(=O)(=O)c2ccc(Cl)s2)sc2cc(F)ccc21. The number of halogens is 2. The van der Waals surface area contributed by atoms with E-state index in [4.69, 9.17) is 11.6 Å². The summed E-state index contributed by atoms with van der Waals surface area (Å²) in [5, 5.41) is 0. The van der Waals surface area contributed by atoms with E-state index < -0.39 is 10.0 Å². The predicted octanol–water partition coefficient (Wildman–Crippen LogP) is 3.38. The lowest BCUT2D eigenvalue weighted by molar-refractivity contribution is 0.598. The highest BCUT2D eigenvalue weighted by Crippen LogP contribution is 2.27. The van der Waals surface area contributed by atoms with Gasteiger partial charge in [0.1, 0.15) is 10.0 Å². The van der Waals surface area contributed by atoms with Gasteiger partial charge in [0.15, 0.2) is 0 Å². The fraction of sp³-hybridized carbons (Fsp3) is 0.0833. The Morgan fingerprint density at radius 2 is 2.00 bits per heavy atom. The van der Waals surface area contributed by atoms with Gasteiger partial charge in [-0.05, 0) is 30.3 Å². The minimum absolute atomic E-state index is 0.0798. The van der Waals surface area contributed by atoms with Crippen molar-refractivity contribution in [2.75, 3.05) is 0 Å². The first-order valence-corrected chi connectivity index (χ1v) is 9.13. The number of aromatic nitrogens is 1. The maximum atomic E-state index is 13.2. The van der Waals surface area contributed by atoms with Crippen LogP contribution < -0.4 is 4.80 Å². The molecule has 0 fully saturated rings. The number of nitrogens with zero attached hydrogens (tertiary/aromatic N) is 2. The highest BCUT2D eigenvalue weighted by molar-refractivity contribution is 7.92. The first-order chi connectivity index (χ1) is 9.87. The monoisotopic (exact) mass is 362 g/mol. The van der Waals surface area contributed by atoms with Gasteiger partial charge in [-0.1, -0.05) is 22.9 Å². The van der Waals surface area contributed by atoms with E-state index in [1.54, 1.807) is 17.7 Å². The quantitative estimate of drug-likeness (QED) is 0.701. The average molecular weight is 363 g/mol. The molecule has 2 heterocycles. The maximum absolute atomic E-state index is 13.2. The van der Waals surface area contributed by atoms with E-state index >= 15 is 0 Å². The average Bonchev–Trinajstić information content (AvgIpc) is 2.95. The van der Waals surface area contributed by atoms with Crippen LogP contribution in [0.3, 0.4) is 0 Å². The van der Waals surface area contributed by atoms with Crippen molar-refractivity contribution in [3.05, 3.63) is 45.3 Å². The van der Waals surface area contributed by atoms with Crippen LogP contribution in [0.4, 0.5) is 4.39 Å². The lowest BCUT2D eigenvalue weighted by Crippen LogP contribution is -2.13. The van der Waals surface area contributed by atoms with Gasteiger partial charge in [-0.25, -0.2) is 4.39 Å². The molecule has 0 unspecified atom stereocenters. The molecule has 2 aromatic heterocycles. The number of hydrogen-bond acceptors (Lipinski definition) is 4. The summed E-state index contributed by atoms with van der Waals surface area (Å²) in [6.45, 7) is 0. The van der Waals surface area contributed by atoms with Gasteiger partial charge in [-0.15, -0.1) is 15.7 Å². The van der Waals surface area contributed by atoms with E-state index in [9.17, 15) is 12.8 Å². The summed E-state index contributed by atoms with van der Waals surface area (Å²) in [4.78, 5) is 0.278. The molecule has 0 radical (unpaired) electrons. The topological polar surface area (TPSA) is 51.4 Å². The minimum atomic E-state index is -3.82. The summed E-state index contributed by atoms with van der Waals surface area (Å²) in [7, 11) is -2.13. The van der Waals surface area contributed by atoms with Crippen molar-refractivity contribution in [2.45, 2.75) is 4.21 Å². The smallest absolute Gasteiger partial charge is 0.294 e. The van der Waals surface area contributed by atoms with Crippen LogP contribution in [0.1, 0.15) is 0 Å². The van der Waals surface area contributed by atoms with Gasteiger partial charge < -0.3 is 4.57 Å². The van der Waals surface area contributed by atoms with Crippen LogP contribution in [0.5, 0.6) is 0 Å². The molecule has 110 valence electrons. The summed E-state index contributed by atoms with van der Waals surface area (Å²) < 4.78 is 44.2. The Morgan fingerprint density at radius 1 is 1.24 bits per heavy atom. The van der Waals surface area contributed by atoms with Crippen LogP contribution in [0.2, 0.25) is 4.34 Å². The van der Waals surface area contributed by atoms with Crippen LogP contribution >= 0.6 is 34.3 Å². The Balaban J connectivity index is 2.22. The Kier molecular flexibility index (Phi) is 3.64. The van der Waals surface area contributed by atoms with Crippen LogP contribution in [0.25, 0.3) is 10.2 Å². The number of aryl methyl sites for hydroxylation is 1. The number of thiazole rings is 1. The van der Waals surface area contributed by atoms with Gasteiger partial charge in [0.25, 0.3) is 10.0 Å². The van der Waals surface area contributed by atoms with Crippen molar-refractivity contribution in [2.24, 2.45) is 11.4 Å². The first-order valence-electron chi connectivity index (χ1n) is 5.68. The number of hydrogen-bond donors (Lipinski definition) is 0. The normalized spacial score (nSPS) is 13.2. The summed E-state index contributed by atoms with van der Waals surface area (Å²) >= 11 is 7.81. The highest BCUT2D eigenvalue weighted by atomic mass is 35.5. The molecule has 21 heavy (non-hydrogen) atoms. The van der Waals surface area contributed by atoms with Gasteiger partial charge in [-0.3, -0.25) is 0 Å². The molecule has 3 rings (SSSR count). The predicted molar refractivity (Wildman–Crippen MR) is 82.8 cm³/mol. The van der Waals surface area contributed by atoms with Crippen LogP contribution in [0, 0.1) is 5.82 Å². The van der Waals surface area contributed by atoms with Crippen molar-refractivity contribution in [1.29, 1.82) is 0 Å². The summed E-state index contributed by atoms with van der Waals surface area (Å²) in [6, 6.07) is 7.20. The first kappa shape index (κ1) is 14.7. The molecule has 0 saturated heterocycles. The molecule has 1 aromatic carbocycles. The van der Waals surface area contributed by atoms with Gasteiger partial charge in [-0.2, -0.15) is 8.42 Å². The summed E-state index contributed by atoms with van der Waals surface area (Å²) in [5.74, 6) is -0.371. The molecule has 0 atom stereocenters. The van der Waals surface area contributed by atoms with E-state index in [0.717, 1.165) is 28.2 Å². The highest BCUT2D eigenvalue weighted by Gasteiger charge is 2.16. The molecule has 4 nitrogen and oxygen atoms in total. The number of rotatable bonds is 2. The van der Waals surface area contributed by atoms with Crippen LogP contribution in [0.15, 0.2) is 38.9 Å². The number of benzene rings is 1. The van der Waals surface area contributed by atoms with Crippen molar-refractivity contribution >= 4 is 54.5 Å². The molecule has 0 N–H and O–H groups in total. The second-order valence-corrected chi connectivity index (χ2v) is 8.74. The summed E-state index contributed by atoms with van der Waals surface area (Å²) in [6.07, 6.45) is 0. The van der Waals surface area contributed by atoms with Crippen LogP contribution in [-0.2, 0) is 17.1 Å². The second kappa shape index (κ2) is 5.20. The van der Waals surface area contributed by atoms with Gasteiger partial charge >= 0.3 is 0 Å². The van der Waals surface area contributed by atoms with Gasteiger partial charge in [0.2, 0.25) is 4.80 Å². The zero-order chi connectivity index (χ0) is 15.2.